The molecular formula is C19H18N2O3. The maximum Gasteiger partial charge on any atom is 0.248 e. The largest absolute Gasteiger partial charge is 0.493 e. The van der Waals surface area contributed by atoms with Gasteiger partial charge in [0.05, 0.1) is 6.61 Å². The number of carbonyl (C=O) groups is 2. The first kappa shape index (κ1) is 15.8. The Kier molecular flexibility index (Phi) is 4.61. The minimum atomic E-state index is -0.473. The lowest BCUT2D eigenvalue weighted by Gasteiger charge is -2.17. The zero-order chi connectivity index (χ0) is 16.9. The predicted molar refractivity (Wildman–Crippen MR) is 92.9 cm³/mol. The topological polar surface area (TPSA) is 81.4 Å². The van der Waals surface area contributed by atoms with Gasteiger partial charge in [-0.2, -0.15) is 0 Å². The van der Waals surface area contributed by atoms with Crippen molar-refractivity contribution in [2.45, 2.75) is 12.8 Å². The van der Waals surface area contributed by atoms with Crippen LogP contribution < -0.4 is 15.8 Å². The molecule has 3 N–H and O–H groups in total. The van der Waals surface area contributed by atoms with E-state index in [1.165, 1.54) is 6.08 Å². The van der Waals surface area contributed by atoms with E-state index >= 15 is 0 Å². The van der Waals surface area contributed by atoms with E-state index in [1.807, 2.05) is 18.2 Å². The SMILES string of the molecule is NC(=O)c1ccc(/C=C/C(=O)Nc2ccc3c(c2)CCCO3)cc1. The third kappa shape index (κ3) is 3.81. The first-order valence-corrected chi connectivity index (χ1v) is 7.76. The lowest BCUT2D eigenvalue weighted by molar-refractivity contribution is -0.111. The van der Waals surface area contributed by atoms with Crippen LogP contribution in [0.25, 0.3) is 6.08 Å². The summed E-state index contributed by atoms with van der Waals surface area (Å²) in [6, 6.07) is 12.4. The monoisotopic (exact) mass is 322 g/mol. The van der Waals surface area contributed by atoms with Crippen molar-refractivity contribution >= 4 is 23.6 Å². The summed E-state index contributed by atoms with van der Waals surface area (Å²) in [7, 11) is 0. The Labute approximate surface area is 140 Å². The van der Waals surface area contributed by atoms with E-state index in [-0.39, 0.29) is 5.91 Å². The average Bonchev–Trinajstić information content (AvgIpc) is 2.60. The quantitative estimate of drug-likeness (QED) is 0.849. The summed E-state index contributed by atoms with van der Waals surface area (Å²) >= 11 is 0. The Morgan fingerprint density at radius 1 is 1.12 bits per heavy atom. The van der Waals surface area contributed by atoms with E-state index in [0.717, 1.165) is 42.0 Å². The van der Waals surface area contributed by atoms with Gasteiger partial charge in [0.25, 0.3) is 0 Å². The fraction of sp³-hybridized carbons (Fsp3) is 0.158. The van der Waals surface area contributed by atoms with Crippen molar-refractivity contribution in [1.29, 1.82) is 0 Å². The molecule has 0 fully saturated rings. The number of fused-ring (bicyclic) bond motifs is 1. The van der Waals surface area contributed by atoms with E-state index < -0.39 is 5.91 Å². The van der Waals surface area contributed by atoms with Crippen molar-refractivity contribution in [3.63, 3.8) is 0 Å². The number of aryl methyl sites for hydroxylation is 1. The molecule has 2 aromatic rings. The maximum absolute atomic E-state index is 12.0. The lowest BCUT2D eigenvalue weighted by Crippen LogP contribution is -2.11. The summed E-state index contributed by atoms with van der Waals surface area (Å²) < 4.78 is 5.56. The fourth-order valence-electron chi connectivity index (χ4n) is 2.55. The van der Waals surface area contributed by atoms with Gasteiger partial charge in [0.1, 0.15) is 5.75 Å². The van der Waals surface area contributed by atoms with E-state index in [9.17, 15) is 9.59 Å². The zero-order valence-electron chi connectivity index (χ0n) is 13.1. The van der Waals surface area contributed by atoms with Crippen molar-refractivity contribution in [2.75, 3.05) is 11.9 Å². The minimum absolute atomic E-state index is 0.217. The molecule has 0 radical (unpaired) electrons. The zero-order valence-corrected chi connectivity index (χ0v) is 13.1. The Morgan fingerprint density at radius 2 is 1.92 bits per heavy atom. The van der Waals surface area contributed by atoms with Gasteiger partial charge in [-0.3, -0.25) is 9.59 Å². The van der Waals surface area contributed by atoms with Crippen LogP contribution in [0.15, 0.2) is 48.5 Å². The maximum atomic E-state index is 12.0. The first-order chi connectivity index (χ1) is 11.6. The molecule has 5 nitrogen and oxygen atoms in total. The Bertz CT molecular complexity index is 795. The van der Waals surface area contributed by atoms with Crippen LogP contribution in [0.5, 0.6) is 5.75 Å². The Balaban J connectivity index is 1.63. The summed E-state index contributed by atoms with van der Waals surface area (Å²) in [6.45, 7) is 0.746. The number of anilines is 1. The standard InChI is InChI=1S/C19H18N2O3/c20-19(23)14-6-3-13(4-7-14)5-10-18(22)21-16-8-9-17-15(12-16)2-1-11-24-17/h3-10,12H,1-2,11H2,(H2,20,23)(H,21,22)/b10-5+. The van der Waals surface area contributed by atoms with Crippen LogP contribution >= 0.6 is 0 Å². The van der Waals surface area contributed by atoms with Crippen molar-refractivity contribution in [2.24, 2.45) is 5.73 Å². The molecule has 1 heterocycles. The van der Waals surface area contributed by atoms with E-state index in [0.29, 0.717) is 5.56 Å². The Hall–Kier alpha value is -3.08. The minimum Gasteiger partial charge on any atom is -0.493 e. The third-order valence-corrected chi connectivity index (χ3v) is 3.80. The predicted octanol–water partition coefficient (Wildman–Crippen LogP) is 2.76. The van der Waals surface area contributed by atoms with Crippen LogP contribution in [0.2, 0.25) is 0 Å². The van der Waals surface area contributed by atoms with E-state index in [4.69, 9.17) is 10.5 Å². The summed E-state index contributed by atoms with van der Waals surface area (Å²) in [4.78, 5) is 23.0. The van der Waals surface area contributed by atoms with Crippen molar-refractivity contribution < 1.29 is 14.3 Å². The summed E-state index contributed by atoms with van der Waals surface area (Å²) in [5.74, 6) is 0.203. The molecule has 1 aliphatic heterocycles. The summed E-state index contributed by atoms with van der Waals surface area (Å²) in [6.07, 6.45) is 5.09. The van der Waals surface area contributed by atoms with Gasteiger partial charge in [-0.25, -0.2) is 0 Å². The van der Waals surface area contributed by atoms with Crippen molar-refractivity contribution in [3.8, 4) is 5.75 Å². The molecule has 2 aromatic carbocycles. The number of nitrogens with one attached hydrogen (secondary N) is 1. The highest BCUT2D eigenvalue weighted by Crippen LogP contribution is 2.27. The number of primary amides is 1. The second kappa shape index (κ2) is 7.00. The highest BCUT2D eigenvalue weighted by atomic mass is 16.5. The van der Waals surface area contributed by atoms with Crippen LogP contribution in [-0.4, -0.2) is 18.4 Å². The Morgan fingerprint density at radius 3 is 2.67 bits per heavy atom. The number of hydrogen-bond donors (Lipinski definition) is 2. The molecule has 0 aromatic heterocycles. The molecule has 5 heteroatoms. The van der Waals surface area contributed by atoms with Gasteiger partial charge in [-0.05, 0) is 60.4 Å². The van der Waals surface area contributed by atoms with Crippen LogP contribution in [0, 0.1) is 0 Å². The van der Waals surface area contributed by atoms with Gasteiger partial charge in [0.2, 0.25) is 11.8 Å². The number of rotatable bonds is 4. The van der Waals surface area contributed by atoms with Gasteiger partial charge in [-0.15, -0.1) is 0 Å². The number of nitrogens with two attached hydrogens (primary N) is 1. The molecule has 2 amide bonds. The van der Waals surface area contributed by atoms with E-state index in [1.54, 1.807) is 30.3 Å². The molecule has 0 spiro atoms. The van der Waals surface area contributed by atoms with Crippen LogP contribution in [0.3, 0.4) is 0 Å². The number of amides is 2. The molecule has 0 aliphatic carbocycles. The first-order valence-electron chi connectivity index (χ1n) is 7.76. The smallest absolute Gasteiger partial charge is 0.248 e. The number of ether oxygens (including phenoxy) is 1. The highest BCUT2D eigenvalue weighted by Gasteiger charge is 2.11. The number of carbonyl (C=O) groups excluding carboxylic acids is 2. The molecule has 122 valence electrons. The second-order valence-corrected chi connectivity index (χ2v) is 5.58. The molecule has 0 saturated heterocycles. The van der Waals surface area contributed by atoms with Crippen molar-refractivity contribution in [1.82, 2.24) is 0 Å². The lowest BCUT2D eigenvalue weighted by atomic mass is 10.1. The highest BCUT2D eigenvalue weighted by molar-refractivity contribution is 6.02. The van der Waals surface area contributed by atoms with E-state index in [2.05, 4.69) is 5.32 Å². The summed E-state index contributed by atoms with van der Waals surface area (Å²) in [5.41, 5.74) is 8.31. The normalized spacial score (nSPS) is 13.2. The fourth-order valence-corrected chi connectivity index (χ4v) is 2.55. The number of benzene rings is 2. The van der Waals surface area contributed by atoms with Gasteiger partial charge in [0.15, 0.2) is 0 Å². The third-order valence-electron chi connectivity index (χ3n) is 3.80. The molecule has 24 heavy (non-hydrogen) atoms. The molecule has 0 unspecified atom stereocenters. The van der Waals surface area contributed by atoms with Crippen LogP contribution in [0.4, 0.5) is 5.69 Å². The van der Waals surface area contributed by atoms with Gasteiger partial charge >= 0.3 is 0 Å². The van der Waals surface area contributed by atoms with Gasteiger partial charge < -0.3 is 15.8 Å². The van der Waals surface area contributed by atoms with Gasteiger partial charge in [-0.1, -0.05) is 12.1 Å². The van der Waals surface area contributed by atoms with Gasteiger partial charge in [0, 0.05) is 17.3 Å². The molecule has 0 atom stereocenters. The van der Waals surface area contributed by atoms with Crippen LogP contribution in [0.1, 0.15) is 27.9 Å². The summed E-state index contributed by atoms with van der Waals surface area (Å²) in [5, 5.41) is 2.84. The molecule has 1 aliphatic rings. The molecular weight excluding hydrogens is 304 g/mol. The molecule has 3 rings (SSSR count). The van der Waals surface area contributed by atoms with Crippen LogP contribution in [-0.2, 0) is 11.2 Å². The average molecular weight is 322 g/mol. The van der Waals surface area contributed by atoms with Crippen molar-refractivity contribution in [3.05, 3.63) is 65.2 Å². The second-order valence-electron chi connectivity index (χ2n) is 5.58. The molecule has 0 saturated carbocycles. The number of hydrogen-bond acceptors (Lipinski definition) is 3. The molecule has 0 bridgehead atoms.